The smallest absolute Gasteiger partial charge is 0.252 e. The van der Waals surface area contributed by atoms with E-state index in [-0.39, 0.29) is 17.3 Å². The van der Waals surface area contributed by atoms with Crippen molar-refractivity contribution in [3.05, 3.63) is 46.0 Å². The number of rotatable bonds is 5. The third-order valence-corrected chi connectivity index (χ3v) is 2.80. The molecule has 0 unspecified atom stereocenters. The van der Waals surface area contributed by atoms with E-state index in [9.17, 15) is 19.5 Å². The van der Waals surface area contributed by atoms with E-state index in [1.54, 1.807) is 13.0 Å². The minimum atomic E-state index is -1.48. The monoisotopic (exact) mass is 316 g/mol. The molecule has 0 bridgehead atoms. The highest BCUT2D eigenvalue weighted by molar-refractivity contribution is 6.01. The molecule has 0 atom stereocenters. The van der Waals surface area contributed by atoms with Gasteiger partial charge in [0.25, 0.3) is 5.56 Å². The average Bonchev–Trinajstić information content (AvgIpc) is 2.85. The summed E-state index contributed by atoms with van der Waals surface area (Å²) >= 11 is 0. The number of nitrogens with zero attached hydrogens (tertiary/aromatic N) is 3. The number of amides is 1. The maximum atomic E-state index is 11.7. The average molecular weight is 316 g/mol. The van der Waals surface area contributed by atoms with Crippen molar-refractivity contribution in [2.75, 3.05) is 5.32 Å². The Kier molecular flexibility index (Phi) is 4.69. The first-order valence-electron chi connectivity index (χ1n) is 6.76. The van der Waals surface area contributed by atoms with Gasteiger partial charge in [0, 0.05) is 23.9 Å². The predicted molar refractivity (Wildman–Crippen MR) is 78.9 cm³/mol. The summed E-state index contributed by atoms with van der Waals surface area (Å²) in [7, 11) is 0. The molecule has 0 fully saturated rings. The van der Waals surface area contributed by atoms with Crippen LogP contribution >= 0.6 is 0 Å². The molecule has 2 aromatic heterocycles. The number of nitrogens with one attached hydrogen (secondary N) is 2. The largest absolute Gasteiger partial charge is 0.545 e. The van der Waals surface area contributed by atoms with E-state index in [0.717, 1.165) is 6.08 Å². The second kappa shape index (κ2) is 6.69. The van der Waals surface area contributed by atoms with E-state index in [2.05, 4.69) is 20.4 Å². The van der Waals surface area contributed by atoms with Crippen molar-refractivity contribution in [1.82, 2.24) is 19.7 Å². The highest BCUT2D eigenvalue weighted by Crippen LogP contribution is 2.14. The number of hydrogen-bond acceptors (Lipinski definition) is 6. The molecule has 23 heavy (non-hydrogen) atoms. The van der Waals surface area contributed by atoms with Crippen molar-refractivity contribution in [2.24, 2.45) is 0 Å². The third-order valence-electron chi connectivity index (χ3n) is 2.80. The molecular weight excluding hydrogens is 302 g/mol. The first-order valence-corrected chi connectivity index (χ1v) is 6.76. The molecule has 0 saturated heterocycles. The van der Waals surface area contributed by atoms with E-state index in [1.807, 2.05) is 6.92 Å². The lowest BCUT2D eigenvalue weighted by Gasteiger charge is -2.07. The molecule has 2 aromatic rings. The molecule has 0 aromatic carbocycles. The number of carboxylic acid groups (broad SMARTS) is 1. The number of aliphatic carboxylic acids is 1. The standard InChI is InChI=1S/C14H15N5O4/c1-3-9-7-12(21)17-14(15-9)19-10(6-8(2)18-19)16-11(20)4-5-13(22)23/h4-7H,3H2,1-2H3,(H,16,20)(H,22,23)(H,15,17,21)/p-1/b5-4+. The summed E-state index contributed by atoms with van der Waals surface area (Å²) in [5.74, 6) is -1.76. The molecule has 1 amide bonds. The topological polar surface area (TPSA) is 133 Å². The molecular formula is C14H14N5O4-. The van der Waals surface area contributed by atoms with Gasteiger partial charge in [0.2, 0.25) is 11.9 Å². The van der Waals surface area contributed by atoms with Gasteiger partial charge >= 0.3 is 0 Å². The predicted octanol–water partition coefficient (Wildman–Crippen LogP) is -0.929. The second-order valence-electron chi connectivity index (χ2n) is 4.64. The summed E-state index contributed by atoms with van der Waals surface area (Å²) in [6.07, 6.45) is 1.99. The van der Waals surface area contributed by atoms with Crippen LogP contribution in [0.3, 0.4) is 0 Å². The van der Waals surface area contributed by atoms with Crippen LogP contribution in [0, 0.1) is 6.92 Å². The Labute approximate surface area is 130 Å². The molecule has 0 saturated carbocycles. The zero-order valence-electron chi connectivity index (χ0n) is 12.5. The summed E-state index contributed by atoms with van der Waals surface area (Å²) in [4.78, 5) is 40.4. The fourth-order valence-electron chi connectivity index (χ4n) is 1.84. The van der Waals surface area contributed by atoms with Crippen molar-refractivity contribution in [3.63, 3.8) is 0 Å². The van der Waals surface area contributed by atoms with Gasteiger partial charge in [-0.05, 0) is 19.4 Å². The van der Waals surface area contributed by atoms with Crippen molar-refractivity contribution in [2.45, 2.75) is 20.3 Å². The molecule has 0 spiro atoms. The Balaban J connectivity index is 2.38. The Bertz CT molecular complexity index is 834. The van der Waals surface area contributed by atoms with Gasteiger partial charge in [0.15, 0.2) is 0 Å². The second-order valence-corrected chi connectivity index (χ2v) is 4.64. The number of carbonyl (C=O) groups is 2. The molecule has 2 N–H and O–H groups in total. The van der Waals surface area contributed by atoms with Crippen molar-refractivity contribution >= 4 is 17.7 Å². The van der Waals surface area contributed by atoms with Crippen LogP contribution in [-0.4, -0.2) is 31.6 Å². The molecule has 120 valence electrons. The van der Waals surface area contributed by atoms with Gasteiger partial charge in [-0.2, -0.15) is 9.78 Å². The zero-order valence-corrected chi connectivity index (χ0v) is 12.5. The summed E-state index contributed by atoms with van der Waals surface area (Å²) in [5, 5.41) is 16.9. The minimum absolute atomic E-state index is 0.154. The van der Waals surface area contributed by atoms with E-state index >= 15 is 0 Å². The number of hydrogen-bond donors (Lipinski definition) is 2. The fraction of sp³-hybridized carbons (Fsp3) is 0.214. The highest BCUT2D eigenvalue weighted by Gasteiger charge is 2.12. The first-order chi connectivity index (χ1) is 10.9. The number of aromatic amines is 1. The SMILES string of the molecule is CCc1cc(=O)[nH]c(-n2nc(C)cc2NC(=O)/C=C/C(=O)[O-])n1. The number of anilines is 1. The van der Waals surface area contributed by atoms with Crippen LogP contribution in [-0.2, 0) is 16.0 Å². The van der Waals surface area contributed by atoms with E-state index in [4.69, 9.17) is 0 Å². The van der Waals surface area contributed by atoms with Gasteiger partial charge in [-0.3, -0.25) is 14.6 Å². The molecule has 0 aliphatic rings. The van der Waals surface area contributed by atoms with Crippen LogP contribution in [0.2, 0.25) is 0 Å². The molecule has 0 aliphatic carbocycles. The van der Waals surface area contributed by atoms with E-state index < -0.39 is 11.9 Å². The van der Waals surface area contributed by atoms with Gasteiger partial charge in [0.05, 0.1) is 11.7 Å². The number of aromatic nitrogens is 4. The molecule has 0 aliphatic heterocycles. The molecule has 9 heteroatoms. The van der Waals surface area contributed by atoms with Crippen LogP contribution in [0.25, 0.3) is 5.95 Å². The summed E-state index contributed by atoms with van der Waals surface area (Å²) in [6, 6.07) is 2.93. The quantitative estimate of drug-likeness (QED) is 0.685. The Morgan fingerprint density at radius 2 is 2.13 bits per heavy atom. The van der Waals surface area contributed by atoms with Crippen molar-refractivity contribution in [1.29, 1.82) is 0 Å². The lowest BCUT2D eigenvalue weighted by atomic mass is 10.3. The van der Waals surface area contributed by atoms with Gasteiger partial charge in [-0.25, -0.2) is 4.98 Å². The maximum Gasteiger partial charge on any atom is 0.252 e. The lowest BCUT2D eigenvalue weighted by Crippen LogP contribution is -2.21. The van der Waals surface area contributed by atoms with Crippen LogP contribution in [0.5, 0.6) is 0 Å². The number of carboxylic acids is 1. The first kappa shape index (κ1) is 16.1. The number of carbonyl (C=O) groups excluding carboxylic acids is 2. The normalized spacial score (nSPS) is 10.9. The number of H-pyrrole nitrogens is 1. The summed E-state index contributed by atoms with van der Waals surface area (Å²) in [5.41, 5.74) is 0.814. The van der Waals surface area contributed by atoms with Gasteiger partial charge in [-0.1, -0.05) is 6.92 Å². The molecule has 0 radical (unpaired) electrons. The van der Waals surface area contributed by atoms with E-state index in [1.165, 1.54) is 10.7 Å². The summed E-state index contributed by atoms with van der Waals surface area (Å²) < 4.78 is 1.26. The minimum Gasteiger partial charge on any atom is -0.545 e. The molecule has 9 nitrogen and oxygen atoms in total. The Morgan fingerprint density at radius 1 is 1.39 bits per heavy atom. The Hall–Kier alpha value is -3.23. The lowest BCUT2D eigenvalue weighted by molar-refractivity contribution is -0.297. The Morgan fingerprint density at radius 3 is 2.78 bits per heavy atom. The summed E-state index contributed by atoms with van der Waals surface area (Å²) in [6.45, 7) is 3.55. The van der Waals surface area contributed by atoms with Gasteiger partial charge in [-0.15, -0.1) is 0 Å². The maximum absolute atomic E-state index is 11.7. The van der Waals surface area contributed by atoms with Crippen LogP contribution in [0.15, 0.2) is 29.1 Å². The number of aryl methyl sites for hydroxylation is 2. The zero-order chi connectivity index (χ0) is 17.0. The van der Waals surface area contributed by atoms with Crippen LogP contribution < -0.4 is 16.0 Å². The van der Waals surface area contributed by atoms with Gasteiger partial charge in [0.1, 0.15) is 5.82 Å². The molecule has 2 rings (SSSR count). The molecule has 2 heterocycles. The van der Waals surface area contributed by atoms with Gasteiger partial charge < -0.3 is 15.2 Å². The third kappa shape index (κ3) is 4.13. The van der Waals surface area contributed by atoms with Crippen molar-refractivity contribution < 1.29 is 14.7 Å². The van der Waals surface area contributed by atoms with Crippen LogP contribution in [0.1, 0.15) is 18.3 Å². The van der Waals surface area contributed by atoms with Crippen LogP contribution in [0.4, 0.5) is 5.82 Å². The highest BCUT2D eigenvalue weighted by atomic mass is 16.4. The van der Waals surface area contributed by atoms with E-state index in [0.29, 0.717) is 23.9 Å². The fourth-order valence-corrected chi connectivity index (χ4v) is 1.84. The van der Waals surface area contributed by atoms with Crippen molar-refractivity contribution in [3.8, 4) is 5.95 Å².